The van der Waals surface area contributed by atoms with E-state index in [2.05, 4.69) is 0 Å². The Kier molecular flexibility index (Phi) is 6.20. The lowest BCUT2D eigenvalue weighted by molar-refractivity contribution is -0.139. The normalized spacial score (nSPS) is 15.7. The summed E-state index contributed by atoms with van der Waals surface area (Å²) in [6.45, 7) is 3.81. The number of amides is 4. The van der Waals surface area contributed by atoms with Gasteiger partial charge in [0.05, 0.1) is 24.2 Å². The third kappa shape index (κ3) is 4.34. The van der Waals surface area contributed by atoms with Gasteiger partial charge in [-0.3, -0.25) is 24.1 Å². The molecule has 0 radical (unpaired) electrons. The first-order valence-electron chi connectivity index (χ1n) is 10.7. The SMILES string of the molecule is CCOc1ccc(CC(=O)N2CCN(C(=O)CN3C(=O)c4ccccc4C3=O)CC2)cc1. The zero-order chi connectivity index (χ0) is 22.7. The van der Waals surface area contributed by atoms with Crippen LogP contribution < -0.4 is 4.74 Å². The fourth-order valence-electron chi connectivity index (χ4n) is 3.98. The van der Waals surface area contributed by atoms with Crippen LogP contribution in [-0.2, 0) is 16.0 Å². The molecule has 166 valence electrons. The summed E-state index contributed by atoms with van der Waals surface area (Å²) < 4.78 is 5.42. The molecular formula is C24H25N3O5. The molecule has 2 aromatic carbocycles. The van der Waals surface area contributed by atoms with Gasteiger partial charge in [0.15, 0.2) is 0 Å². The lowest BCUT2D eigenvalue weighted by Crippen LogP contribution is -2.53. The van der Waals surface area contributed by atoms with E-state index in [0.717, 1.165) is 16.2 Å². The molecule has 1 saturated heterocycles. The first-order chi connectivity index (χ1) is 15.5. The van der Waals surface area contributed by atoms with Crippen molar-refractivity contribution in [2.24, 2.45) is 0 Å². The maximum atomic E-state index is 12.7. The van der Waals surface area contributed by atoms with E-state index in [0.29, 0.717) is 43.9 Å². The molecule has 0 aliphatic carbocycles. The second-order valence-corrected chi connectivity index (χ2v) is 7.76. The van der Waals surface area contributed by atoms with E-state index in [4.69, 9.17) is 4.74 Å². The molecule has 0 unspecified atom stereocenters. The number of fused-ring (bicyclic) bond motifs is 1. The Hall–Kier alpha value is -3.68. The Bertz CT molecular complexity index is 1010. The Morgan fingerprint density at radius 2 is 1.34 bits per heavy atom. The van der Waals surface area contributed by atoms with Crippen molar-refractivity contribution in [1.82, 2.24) is 14.7 Å². The van der Waals surface area contributed by atoms with Crippen LogP contribution in [0, 0.1) is 0 Å². The van der Waals surface area contributed by atoms with Crippen LogP contribution in [0.3, 0.4) is 0 Å². The molecule has 4 rings (SSSR count). The molecule has 2 heterocycles. The summed E-state index contributed by atoms with van der Waals surface area (Å²) in [5.41, 5.74) is 1.56. The molecule has 2 aliphatic rings. The van der Waals surface area contributed by atoms with Crippen molar-refractivity contribution in [3.05, 3.63) is 65.2 Å². The van der Waals surface area contributed by atoms with E-state index in [9.17, 15) is 19.2 Å². The van der Waals surface area contributed by atoms with E-state index in [1.807, 2.05) is 31.2 Å². The second-order valence-electron chi connectivity index (χ2n) is 7.76. The third-order valence-corrected chi connectivity index (χ3v) is 5.75. The molecule has 0 bridgehead atoms. The predicted molar refractivity (Wildman–Crippen MR) is 116 cm³/mol. The number of piperazine rings is 1. The average Bonchev–Trinajstić information content (AvgIpc) is 3.05. The largest absolute Gasteiger partial charge is 0.494 e. The summed E-state index contributed by atoms with van der Waals surface area (Å²) in [7, 11) is 0. The van der Waals surface area contributed by atoms with Crippen LogP contribution in [0.2, 0.25) is 0 Å². The van der Waals surface area contributed by atoms with E-state index >= 15 is 0 Å². The van der Waals surface area contributed by atoms with E-state index in [1.54, 1.807) is 34.1 Å². The molecule has 8 heteroatoms. The van der Waals surface area contributed by atoms with Gasteiger partial charge in [0.1, 0.15) is 12.3 Å². The molecule has 0 spiro atoms. The molecule has 2 aromatic rings. The van der Waals surface area contributed by atoms with E-state index in [1.165, 1.54) is 0 Å². The number of carbonyl (C=O) groups excluding carboxylic acids is 4. The molecule has 1 fully saturated rings. The van der Waals surface area contributed by atoms with Crippen molar-refractivity contribution in [3.8, 4) is 5.75 Å². The van der Waals surface area contributed by atoms with Crippen molar-refractivity contribution >= 4 is 23.6 Å². The highest BCUT2D eigenvalue weighted by Crippen LogP contribution is 2.22. The van der Waals surface area contributed by atoms with Crippen LogP contribution in [0.15, 0.2) is 48.5 Å². The van der Waals surface area contributed by atoms with Crippen molar-refractivity contribution in [1.29, 1.82) is 0 Å². The molecule has 32 heavy (non-hydrogen) atoms. The highest BCUT2D eigenvalue weighted by Gasteiger charge is 2.37. The minimum Gasteiger partial charge on any atom is -0.494 e. The van der Waals surface area contributed by atoms with Gasteiger partial charge in [0.25, 0.3) is 11.8 Å². The van der Waals surface area contributed by atoms with Crippen LogP contribution in [0.1, 0.15) is 33.2 Å². The molecule has 4 amide bonds. The number of hydrogen-bond acceptors (Lipinski definition) is 5. The molecule has 0 N–H and O–H groups in total. The minimum absolute atomic E-state index is 0.00149. The first kappa shape index (κ1) is 21.5. The zero-order valence-electron chi connectivity index (χ0n) is 18.0. The van der Waals surface area contributed by atoms with Crippen molar-refractivity contribution in [2.75, 3.05) is 39.3 Å². The van der Waals surface area contributed by atoms with Crippen LogP contribution in [0.25, 0.3) is 0 Å². The predicted octanol–water partition coefficient (Wildman–Crippen LogP) is 1.59. The Labute approximate surface area is 186 Å². The lowest BCUT2D eigenvalue weighted by Gasteiger charge is -2.35. The van der Waals surface area contributed by atoms with Gasteiger partial charge in [-0.15, -0.1) is 0 Å². The molecular weight excluding hydrogens is 410 g/mol. The van der Waals surface area contributed by atoms with Gasteiger partial charge in [0.2, 0.25) is 11.8 Å². The quantitative estimate of drug-likeness (QED) is 0.644. The molecule has 2 aliphatic heterocycles. The summed E-state index contributed by atoms with van der Waals surface area (Å²) in [6.07, 6.45) is 0.287. The Balaban J connectivity index is 1.28. The van der Waals surface area contributed by atoms with Gasteiger partial charge in [-0.05, 0) is 36.8 Å². The Morgan fingerprint density at radius 1 is 0.812 bits per heavy atom. The first-order valence-corrected chi connectivity index (χ1v) is 10.7. The van der Waals surface area contributed by atoms with Gasteiger partial charge in [-0.2, -0.15) is 0 Å². The number of ether oxygens (including phenoxy) is 1. The smallest absolute Gasteiger partial charge is 0.262 e. The van der Waals surface area contributed by atoms with Gasteiger partial charge < -0.3 is 14.5 Å². The van der Waals surface area contributed by atoms with Crippen LogP contribution >= 0.6 is 0 Å². The van der Waals surface area contributed by atoms with Crippen LogP contribution in [0.5, 0.6) is 5.75 Å². The van der Waals surface area contributed by atoms with Crippen molar-refractivity contribution < 1.29 is 23.9 Å². The molecule has 0 saturated carbocycles. The summed E-state index contributed by atoms with van der Waals surface area (Å²) in [5.74, 6) is -0.403. The van der Waals surface area contributed by atoms with E-state index < -0.39 is 11.8 Å². The standard InChI is InChI=1S/C24H25N3O5/c1-2-32-18-9-7-17(8-10-18)15-21(28)25-11-13-26(14-12-25)22(29)16-27-23(30)19-5-3-4-6-20(19)24(27)31/h3-10H,2,11-16H2,1H3. The average molecular weight is 435 g/mol. The maximum Gasteiger partial charge on any atom is 0.262 e. The van der Waals surface area contributed by atoms with Crippen LogP contribution in [-0.4, -0.2) is 77.7 Å². The molecule has 0 aromatic heterocycles. The van der Waals surface area contributed by atoms with Gasteiger partial charge in [-0.1, -0.05) is 24.3 Å². The third-order valence-electron chi connectivity index (χ3n) is 5.75. The van der Waals surface area contributed by atoms with E-state index in [-0.39, 0.29) is 24.8 Å². The minimum atomic E-state index is -0.442. The molecule has 0 atom stereocenters. The van der Waals surface area contributed by atoms with Gasteiger partial charge in [-0.25, -0.2) is 0 Å². The number of benzene rings is 2. The molecule has 8 nitrogen and oxygen atoms in total. The van der Waals surface area contributed by atoms with Crippen molar-refractivity contribution in [3.63, 3.8) is 0 Å². The van der Waals surface area contributed by atoms with Gasteiger partial charge >= 0.3 is 0 Å². The topological polar surface area (TPSA) is 87.2 Å². The highest BCUT2D eigenvalue weighted by atomic mass is 16.5. The summed E-state index contributed by atoms with van der Waals surface area (Å²) in [5, 5.41) is 0. The van der Waals surface area contributed by atoms with Crippen LogP contribution in [0.4, 0.5) is 0 Å². The number of hydrogen-bond donors (Lipinski definition) is 0. The second kappa shape index (κ2) is 9.21. The fraction of sp³-hybridized carbons (Fsp3) is 0.333. The zero-order valence-corrected chi connectivity index (χ0v) is 18.0. The number of nitrogens with zero attached hydrogens (tertiary/aromatic N) is 3. The lowest BCUT2D eigenvalue weighted by atomic mass is 10.1. The maximum absolute atomic E-state index is 12.7. The van der Waals surface area contributed by atoms with Crippen molar-refractivity contribution in [2.45, 2.75) is 13.3 Å². The number of rotatable bonds is 6. The highest BCUT2D eigenvalue weighted by molar-refractivity contribution is 6.22. The Morgan fingerprint density at radius 3 is 1.88 bits per heavy atom. The number of carbonyl (C=O) groups is 4. The summed E-state index contributed by atoms with van der Waals surface area (Å²) in [6, 6.07) is 14.0. The fourth-order valence-corrected chi connectivity index (χ4v) is 3.98. The summed E-state index contributed by atoms with van der Waals surface area (Å²) >= 11 is 0. The van der Waals surface area contributed by atoms with Gasteiger partial charge in [0, 0.05) is 26.2 Å². The summed E-state index contributed by atoms with van der Waals surface area (Å²) in [4.78, 5) is 54.6. The monoisotopic (exact) mass is 435 g/mol. The number of imide groups is 1.